The molecule has 2 aliphatic heterocycles. The Labute approximate surface area is 151 Å². The van der Waals surface area contributed by atoms with E-state index < -0.39 is 23.7 Å². The fraction of sp³-hybridized carbons (Fsp3) is 0.700. The fourth-order valence-corrected chi connectivity index (χ4v) is 7.22. The van der Waals surface area contributed by atoms with Crippen molar-refractivity contribution in [2.24, 2.45) is 53.3 Å². The van der Waals surface area contributed by atoms with Gasteiger partial charge in [-0.05, 0) is 37.0 Å². The second kappa shape index (κ2) is 4.84. The first-order chi connectivity index (χ1) is 12.5. The fourth-order valence-electron chi connectivity index (χ4n) is 7.22. The van der Waals surface area contributed by atoms with Crippen molar-refractivity contribution in [1.82, 2.24) is 10.2 Å². The molecule has 5 fully saturated rings. The molecule has 4 amide bonds. The third-order valence-corrected chi connectivity index (χ3v) is 8.24. The number of imide groups is 2. The normalized spacial score (nSPS) is 50.6. The molecule has 3 saturated carbocycles. The number of nitrogens with one attached hydrogen (secondary N) is 1. The first-order valence-electron chi connectivity index (χ1n) is 9.93. The minimum atomic E-state index is -0.474. The summed E-state index contributed by atoms with van der Waals surface area (Å²) in [5, 5.41) is 2.41. The first-order valence-corrected chi connectivity index (χ1v) is 9.93. The third kappa shape index (κ3) is 1.68. The summed E-state index contributed by atoms with van der Waals surface area (Å²) in [5.41, 5.74) is 0. The molecule has 7 aliphatic rings. The Kier molecular flexibility index (Phi) is 2.81. The average molecular weight is 354 g/mol. The van der Waals surface area contributed by atoms with E-state index in [2.05, 4.69) is 5.32 Å². The molecular formula is C20H22N2O4. The Hall–Kier alpha value is -1.98. The Morgan fingerprint density at radius 3 is 1.96 bits per heavy atom. The van der Waals surface area contributed by atoms with Crippen LogP contribution in [-0.4, -0.2) is 35.1 Å². The van der Waals surface area contributed by atoms with Crippen molar-refractivity contribution >= 4 is 23.6 Å². The van der Waals surface area contributed by atoms with Gasteiger partial charge in [0, 0.05) is 18.4 Å². The second-order valence-electron chi connectivity index (χ2n) is 9.22. The molecule has 0 spiro atoms. The summed E-state index contributed by atoms with van der Waals surface area (Å²) in [7, 11) is 0. The molecule has 5 aliphatic carbocycles. The van der Waals surface area contributed by atoms with Gasteiger partial charge in [0.25, 0.3) is 0 Å². The number of hydrogen-bond acceptors (Lipinski definition) is 4. The van der Waals surface area contributed by atoms with Gasteiger partial charge in [0.2, 0.25) is 23.6 Å². The van der Waals surface area contributed by atoms with E-state index in [9.17, 15) is 19.2 Å². The predicted molar refractivity (Wildman–Crippen MR) is 88.9 cm³/mol. The smallest absolute Gasteiger partial charge is 0.233 e. The summed E-state index contributed by atoms with van der Waals surface area (Å²) in [6.07, 6.45) is 8.73. The largest absolute Gasteiger partial charge is 0.296 e. The van der Waals surface area contributed by atoms with Crippen molar-refractivity contribution in [2.75, 3.05) is 6.54 Å². The Bertz CT molecular complexity index is 741. The van der Waals surface area contributed by atoms with Crippen LogP contribution in [-0.2, 0) is 19.2 Å². The molecule has 6 nitrogen and oxygen atoms in total. The maximum Gasteiger partial charge on any atom is 0.233 e. The zero-order chi connectivity index (χ0) is 17.7. The van der Waals surface area contributed by atoms with Crippen LogP contribution >= 0.6 is 0 Å². The van der Waals surface area contributed by atoms with Crippen LogP contribution in [0.2, 0.25) is 0 Å². The van der Waals surface area contributed by atoms with Crippen LogP contribution in [0.25, 0.3) is 0 Å². The Morgan fingerprint density at radius 2 is 1.46 bits per heavy atom. The van der Waals surface area contributed by atoms with Gasteiger partial charge in [-0.15, -0.1) is 0 Å². The van der Waals surface area contributed by atoms with Gasteiger partial charge in [0.15, 0.2) is 0 Å². The molecule has 9 atom stereocenters. The molecule has 0 aromatic heterocycles. The van der Waals surface area contributed by atoms with E-state index in [1.54, 1.807) is 0 Å². The highest BCUT2D eigenvalue weighted by molar-refractivity contribution is 6.10. The average Bonchev–Trinajstić information content (AvgIpc) is 3.37. The summed E-state index contributed by atoms with van der Waals surface area (Å²) in [5.74, 6) is -1.36. The van der Waals surface area contributed by atoms with E-state index in [1.165, 1.54) is 24.2 Å². The quantitative estimate of drug-likeness (QED) is 0.585. The zero-order valence-corrected chi connectivity index (χ0v) is 14.5. The van der Waals surface area contributed by atoms with Crippen LogP contribution in [0.4, 0.5) is 0 Å². The van der Waals surface area contributed by atoms with Crippen molar-refractivity contribution in [1.29, 1.82) is 0 Å². The van der Waals surface area contributed by atoms with Crippen LogP contribution in [0.5, 0.6) is 0 Å². The van der Waals surface area contributed by atoms with Crippen LogP contribution < -0.4 is 5.32 Å². The van der Waals surface area contributed by atoms with Crippen molar-refractivity contribution in [3.8, 4) is 0 Å². The molecule has 136 valence electrons. The van der Waals surface area contributed by atoms with Gasteiger partial charge in [-0.25, -0.2) is 0 Å². The summed E-state index contributed by atoms with van der Waals surface area (Å²) < 4.78 is 0. The number of fused-ring (bicyclic) bond motifs is 2. The molecule has 4 bridgehead atoms. The minimum Gasteiger partial charge on any atom is -0.296 e. The van der Waals surface area contributed by atoms with Crippen molar-refractivity contribution in [3.63, 3.8) is 0 Å². The summed E-state index contributed by atoms with van der Waals surface area (Å²) in [6, 6.07) is 0. The molecule has 0 aromatic rings. The molecule has 1 N–H and O–H groups in total. The topological polar surface area (TPSA) is 83.6 Å². The molecule has 2 heterocycles. The monoisotopic (exact) mass is 354 g/mol. The lowest BCUT2D eigenvalue weighted by molar-refractivity contribution is -0.141. The predicted octanol–water partition coefficient (Wildman–Crippen LogP) is 0.728. The van der Waals surface area contributed by atoms with Crippen LogP contribution in [0, 0.1) is 53.3 Å². The highest BCUT2D eigenvalue weighted by Gasteiger charge is 2.67. The number of amides is 4. The van der Waals surface area contributed by atoms with Gasteiger partial charge in [0.05, 0.1) is 23.7 Å². The lowest BCUT2D eigenvalue weighted by atomic mass is 9.54. The maximum atomic E-state index is 13.2. The summed E-state index contributed by atoms with van der Waals surface area (Å²) in [4.78, 5) is 52.3. The molecule has 9 unspecified atom stereocenters. The highest BCUT2D eigenvalue weighted by atomic mass is 16.2. The van der Waals surface area contributed by atoms with Gasteiger partial charge in [-0.3, -0.25) is 29.4 Å². The van der Waals surface area contributed by atoms with Crippen LogP contribution in [0.15, 0.2) is 12.2 Å². The van der Waals surface area contributed by atoms with E-state index in [0.29, 0.717) is 18.4 Å². The molecule has 0 aromatic carbocycles. The van der Waals surface area contributed by atoms with Gasteiger partial charge in [-0.1, -0.05) is 18.6 Å². The van der Waals surface area contributed by atoms with E-state index in [1.807, 2.05) is 12.2 Å². The van der Waals surface area contributed by atoms with E-state index in [-0.39, 0.29) is 35.5 Å². The van der Waals surface area contributed by atoms with Crippen molar-refractivity contribution in [3.05, 3.63) is 12.2 Å². The SMILES string of the molecule is O=C1NC(=O)C2C3C=CC(C12)C1C(=O)N(CC2CC4CCC2C4)C(=O)C31. The highest BCUT2D eigenvalue weighted by Crippen LogP contribution is 2.57. The summed E-state index contributed by atoms with van der Waals surface area (Å²) >= 11 is 0. The van der Waals surface area contributed by atoms with E-state index >= 15 is 0 Å². The van der Waals surface area contributed by atoms with Gasteiger partial charge < -0.3 is 0 Å². The lowest BCUT2D eigenvalue weighted by Crippen LogP contribution is -2.50. The number of nitrogens with zero attached hydrogens (tertiary/aromatic N) is 1. The number of rotatable bonds is 2. The minimum absolute atomic E-state index is 0.104. The van der Waals surface area contributed by atoms with Crippen molar-refractivity contribution in [2.45, 2.75) is 25.7 Å². The number of allylic oxidation sites excluding steroid dienone is 2. The van der Waals surface area contributed by atoms with Crippen LogP contribution in [0.1, 0.15) is 25.7 Å². The lowest BCUT2D eigenvalue weighted by Gasteiger charge is -2.44. The Morgan fingerprint density at radius 1 is 0.846 bits per heavy atom. The second-order valence-corrected chi connectivity index (χ2v) is 9.22. The molecule has 26 heavy (non-hydrogen) atoms. The van der Waals surface area contributed by atoms with Gasteiger partial charge in [0.1, 0.15) is 0 Å². The molecule has 2 saturated heterocycles. The number of carbonyl (C=O) groups excluding carboxylic acids is 4. The van der Waals surface area contributed by atoms with Gasteiger partial charge in [-0.2, -0.15) is 0 Å². The molecule has 7 rings (SSSR count). The number of carbonyl (C=O) groups is 4. The third-order valence-electron chi connectivity index (χ3n) is 8.24. The molecule has 6 heteroatoms. The van der Waals surface area contributed by atoms with Crippen LogP contribution in [0.3, 0.4) is 0 Å². The zero-order valence-electron chi connectivity index (χ0n) is 14.5. The summed E-state index contributed by atoms with van der Waals surface area (Å²) in [6.45, 7) is 0.542. The maximum absolute atomic E-state index is 13.2. The molecule has 0 radical (unpaired) electrons. The molecular weight excluding hydrogens is 332 g/mol. The first kappa shape index (κ1) is 15.1. The van der Waals surface area contributed by atoms with Crippen molar-refractivity contribution < 1.29 is 19.2 Å². The van der Waals surface area contributed by atoms with Gasteiger partial charge >= 0.3 is 0 Å². The van der Waals surface area contributed by atoms with E-state index in [0.717, 1.165) is 12.3 Å². The standard InChI is InChI=1S/C20H22N2O4/c23-17-13-11-3-4-12(14(13)18(24)21-17)16-15(11)19(25)22(20(16)26)7-10-6-8-1-2-9(10)5-8/h3-4,8-16H,1-2,5-7H2,(H,21,23,24). The number of hydrogen-bond donors (Lipinski definition) is 1. The number of likely N-dealkylation sites (tertiary alicyclic amines) is 1. The van der Waals surface area contributed by atoms with E-state index in [4.69, 9.17) is 0 Å². The Balaban J connectivity index is 1.32.